The fourth-order valence-electron chi connectivity index (χ4n) is 1.40. The van der Waals surface area contributed by atoms with Crippen molar-refractivity contribution in [2.75, 3.05) is 19.1 Å². The molecule has 0 atom stereocenters. The van der Waals surface area contributed by atoms with E-state index in [1.54, 1.807) is 12.1 Å². The molecule has 0 aliphatic heterocycles. The van der Waals surface area contributed by atoms with Crippen LogP contribution in [-0.2, 0) is 4.74 Å². The summed E-state index contributed by atoms with van der Waals surface area (Å²) < 4.78 is 24.5. The van der Waals surface area contributed by atoms with Crippen LogP contribution in [0.4, 0.5) is 4.39 Å². The molecule has 0 amide bonds. The normalized spacial score (nSPS) is 10.8. The summed E-state index contributed by atoms with van der Waals surface area (Å²) in [5.41, 5.74) is 0.486. The lowest BCUT2D eigenvalue weighted by Crippen LogP contribution is -2.22. The van der Waals surface area contributed by atoms with Gasteiger partial charge in [0, 0.05) is 17.9 Å². The Kier molecular flexibility index (Phi) is 6.84. The first-order valence-corrected chi connectivity index (χ1v) is 7.07. The number of hydrogen-bond acceptors (Lipinski definition) is 2. The zero-order valence-corrected chi connectivity index (χ0v) is 12.9. The molecule has 0 radical (unpaired) electrons. The van der Waals surface area contributed by atoms with Crippen molar-refractivity contribution in [3.05, 3.63) is 29.6 Å². The standard InChI is InChI=1S/C16H20ClFO2/c1-16(2,3)20-11-10-19-15-12-13(6-4-5-9-17)7-8-14(15)18/h7-8,12H,5,9-11H2,1-3H3. The van der Waals surface area contributed by atoms with Gasteiger partial charge in [0.2, 0.25) is 0 Å². The molecule has 0 unspecified atom stereocenters. The molecule has 0 aromatic heterocycles. The molecular formula is C16H20ClFO2. The van der Waals surface area contributed by atoms with Gasteiger partial charge in [0.25, 0.3) is 0 Å². The second-order valence-electron chi connectivity index (χ2n) is 5.20. The molecule has 2 nitrogen and oxygen atoms in total. The second-order valence-corrected chi connectivity index (χ2v) is 5.57. The molecule has 0 saturated carbocycles. The largest absolute Gasteiger partial charge is 0.488 e. The Bertz CT molecular complexity index is 483. The van der Waals surface area contributed by atoms with Crippen LogP contribution >= 0.6 is 11.6 Å². The van der Waals surface area contributed by atoms with E-state index in [4.69, 9.17) is 21.1 Å². The summed E-state index contributed by atoms with van der Waals surface area (Å²) in [7, 11) is 0. The molecule has 20 heavy (non-hydrogen) atoms. The van der Waals surface area contributed by atoms with Crippen molar-refractivity contribution < 1.29 is 13.9 Å². The number of benzene rings is 1. The molecule has 1 aromatic carbocycles. The summed E-state index contributed by atoms with van der Waals surface area (Å²) in [5, 5.41) is 0. The van der Waals surface area contributed by atoms with Crippen molar-refractivity contribution >= 4 is 11.6 Å². The maximum Gasteiger partial charge on any atom is 0.165 e. The van der Waals surface area contributed by atoms with Gasteiger partial charge in [-0.25, -0.2) is 4.39 Å². The molecule has 0 spiro atoms. The van der Waals surface area contributed by atoms with E-state index in [2.05, 4.69) is 11.8 Å². The first-order valence-electron chi connectivity index (χ1n) is 6.53. The molecule has 110 valence electrons. The molecule has 0 aliphatic carbocycles. The van der Waals surface area contributed by atoms with Crippen molar-refractivity contribution in [2.45, 2.75) is 32.8 Å². The Morgan fingerprint density at radius 1 is 1.25 bits per heavy atom. The van der Waals surface area contributed by atoms with Crippen LogP contribution in [0, 0.1) is 17.7 Å². The fourth-order valence-corrected chi connectivity index (χ4v) is 1.50. The van der Waals surface area contributed by atoms with E-state index in [0.29, 0.717) is 31.1 Å². The van der Waals surface area contributed by atoms with Crippen LogP contribution in [0.25, 0.3) is 0 Å². The highest BCUT2D eigenvalue weighted by Gasteiger charge is 2.10. The molecule has 0 bridgehead atoms. The fraction of sp³-hybridized carbons (Fsp3) is 0.500. The van der Waals surface area contributed by atoms with E-state index >= 15 is 0 Å². The Balaban J connectivity index is 2.57. The summed E-state index contributed by atoms with van der Waals surface area (Å²) in [6.45, 7) is 6.58. The molecule has 0 saturated heterocycles. The van der Waals surface area contributed by atoms with E-state index < -0.39 is 5.82 Å². The van der Waals surface area contributed by atoms with E-state index in [0.717, 1.165) is 0 Å². The number of rotatable bonds is 5. The van der Waals surface area contributed by atoms with Crippen molar-refractivity contribution in [1.29, 1.82) is 0 Å². The topological polar surface area (TPSA) is 18.5 Å². The highest BCUT2D eigenvalue weighted by atomic mass is 35.5. The maximum absolute atomic E-state index is 13.6. The van der Waals surface area contributed by atoms with Gasteiger partial charge in [-0.1, -0.05) is 11.8 Å². The van der Waals surface area contributed by atoms with E-state index in [1.807, 2.05) is 20.8 Å². The van der Waals surface area contributed by atoms with Gasteiger partial charge in [0.15, 0.2) is 11.6 Å². The van der Waals surface area contributed by atoms with Crippen molar-refractivity contribution in [3.63, 3.8) is 0 Å². The highest BCUT2D eigenvalue weighted by Crippen LogP contribution is 2.18. The first-order chi connectivity index (χ1) is 9.42. The minimum absolute atomic E-state index is 0.195. The summed E-state index contributed by atoms with van der Waals surface area (Å²) >= 11 is 5.54. The van der Waals surface area contributed by atoms with Crippen LogP contribution in [0.5, 0.6) is 5.75 Å². The highest BCUT2D eigenvalue weighted by molar-refractivity contribution is 6.18. The van der Waals surface area contributed by atoms with Crippen molar-refractivity contribution in [3.8, 4) is 17.6 Å². The number of halogens is 2. The summed E-state index contributed by atoms with van der Waals surface area (Å²) in [4.78, 5) is 0. The molecule has 0 heterocycles. The predicted octanol–water partition coefficient (Wildman–Crippen LogP) is 4.00. The van der Waals surface area contributed by atoms with Gasteiger partial charge in [0.05, 0.1) is 12.2 Å². The third-order valence-corrected chi connectivity index (χ3v) is 2.45. The molecule has 1 aromatic rings. The number of ether oxygens (including phenoxy) is 2. The maximum atomic E-state index is 13.6. The minimum atomic E-state index is -0.399. The molecule has 0 aliphatic rings. The van der Waals surface area contributed by atoms with Gasteiger partial charge in [-0.05, 0) is 39.0 Å². The number of hydrogen-bond donors (Lipinski definition) is 0. The van der Waals surface area contributed by atoms with Gasteiger partial charge >= 0.3 is 0 Å². The zero-order chi connectivity index (χ0) is 15.0. The van der Waals surface area contributed by atoms with Crippen LogP contribution in [0.15, 0.2) is 18.2 Å². The summed E-state index contributed by atoms with van der Waals surface area (Å²) in [6, 6.07) is 4.56. The van der Waals surface area contributed by atoms with Gasteiger partial charge in [-0.2, -0.15) is 0 Å². The minimum Gasteiger partial charge on any atom is -0.488 e. The van der Waals surface area contributed by atoms with Crippen LogP contribution in [0.1, 0.15) is 32.8 Å². The zero-order valence-electron chi connectivity index (χ0n) is 12.1. The van der Waals surface area contributed by atoms with Gasteiger partial charge in [0.1, 0.15) is 6.61 Å². The second kappa shape index (κ2) is 8.14. The quantitative estimate of drug-likeness (QED) is 0.465. The Hall–Kier alpha value is -1.24. The Labute approximate surface area is 125 Å². The SMILES string of the molecule is CC(C)(C)OCCOc1cc(C#CCCCl)ccc1F. The lowest BCUT2D eigenvalue weighted by atomic mass is 10.2. The lowest BCUT2D eigenvalue weighted by Gasteiger charge is -2.19. The first kappa shape index (κ1) is 16.8. The van der Waals surface area contributed by atoms with Crippen LogP contribution < -0.4 is 4.74 Å². The third-order valence-electron chi connectivity index (χ3n) is 2.26. The van der Waals surface area contributed by atoms with Gasteiger partial charge in [-0.15, -0.1) is 11.6 Å². The smallest absolute Gasteiger partial charge is 0.165 e. The van der Waals surface area contributed by atoms with Crippen LogP contribution in [0.2, 0.25) is 0 Å². The third kappa shape index (κ3) is 6.79. The monoisotopic (exact) mass is 298 g/mol. The lowest BCUT2D eigenvalue weighted by molar-refractivity contribution is -0.0166. The molecule has 0 N–H and O–H groups in total. The predicted molar refractivity (Wildman–Crippen MR) is 79.8 cm³/mol. The van der Waals surface area contributed by atoms with Gasteiger partial charge in [-0.3, -0.25) is 0 Å². The molecule has 4 heteroatoms. The number of alkyl halides is 1. The Morgan fingerprint density at radius 2 is 2.00 bits per heavy atom. The summed E-state index contributed by atoms with van der Waals surface area (Å²) in [6.07, 6.45) is 0.606. The van der Waals surface area contributed by atoms with E-state index in [9.17, 15) is 4.39 Å². The van der Waals surface area contributed by atoms with Gasteiger partial charge < -0.3 is 9.47 Å². The summed E-state index contributed by atoms with van der Waals surface area (Å²) in [5.74, 6) is 6.10. The van der Waals surface area contributed by atoms with Crippen LogP contribution in [0.3, 0.4) is 0 Å². The van der Waals surface area contributed by atoms with Crippen LogP contribution in [-0.4, -0.2) is 24.7 Å². The van der Waals surface area contributed by atoms with E-state index in [-0.39, 0.29) is 11.4 Å². The average Bonchev–Trinajstić information content (AvgIpc) is 2.37. The molecule has 0 fully saturated rings. The Morgan fingerprint density at radius 3 is 2.65 bits per heavy atom. The van der Waals surface area contributed by atoms with Crippen molar-refractivity contribution in [1.82, 2.24) is 0 Å². The van der Waals surface area contributed by atoms with E-state index in [1.165, 1.54) is 6.07 Å². The molecular weight excluding hydrogens is 279 g/mol. The average molecular weight is 299 g/mol. The van der Waals surface area contributed by atoms with Crippen molar-refractivity contribution in [2.24, 2.45) is 0 Å². The molecule has 1 rings (SSSR count).